The molecular weight excluding hydrogens is 418 g/mol. The molecule has 4 rings (SSSR count). The molecule has 5 heteroatoms. The number of hydrogen-bond acceptors (Lipinski definition) is 4. The summed E-state index contributed by atoms with van der Waals surface area (Å²) in [6, 6.07) is 22.8. The summed E-state index contributed by atoms with van der Waals surface area (Å²) in [5.41, 5.74) is 3.70. The van der Waals surface area contributed by atoms with Gasteiger partial charge in [-0.25, -0.2) is 0 Å². The zero-order chi connectivity index (χ0) is 19.3. The Morgan fingerprint density at radius 2 is 1.50 bits per heavy atom. The summed E-state index contributed by atoms with van der Waals surface area (Å²) >= 11 is 3.69. The van der Waals surface area contributed by atoms with E-state index in [0.717, 1.165) is 41.4 Å². The minimum atomic E-state index is 0.283. The highest BCUT2D eigenvalue weighted by molar-refractivity contribution is 9.10. The van der Waals surface area contributed by atoms with Crippen molar-refractivity contribution in [3.8, 4) is 17.2 Å². The lowest BCUT2D eigenvalue weighted by molar-refractivity contribution is 0.174. The number of ether oxygens (including phenoxy) is 3. The summed E-state index contributed by atoms with van der Waals surface area (Å²) in [6.45, 7) is 2.76. The first-order chi connectivity index (χ1) is 13.7. The van der Waals surface area contributed by atoms with Crippen LogP contribution in [-0.4, -0.2) is 18.8 Å². The molecule has 0 aliphatic carbocycles. The van der Waals surface area contributed by atoms with Gasteiger partial charge in [0.15, 0.2) is 11.5 Å². The maximum absolute atomic E-state index is 5.56. The minimum absolute atomic E-state index is 0.283. The Kier molecular flexibility index (Phi) is 5.84. The van der Waals surface area contributed by atoms with Crippen molar-refractivity contribution in [2.75, 3.05) is 13.9 Å². The lowest BCUT2D eigenvalue weighted by atomic mass is 10.1. The maximum Gasteiger partial charge on any atom is 0.231 e. The van der Waals surface area contributed by atoms with Crippen LogP contribution in [0.5, 0.6) is 17.2 Å². The van der Waals surface area contributed by atoms with E-state index in [9.17, 15) is 0 Å². The largest absolute Gasteiger partial charge is 0.497 e. The fourth-order valence-electron chi connectivity index (χ4n) is 3.32. The van der Waals surface area contributed by atoms with Gasteiger partial charge in [0.05, 0.1) is 7.11 Å². The van der Waals surface area contributed by atoms with Crippen LogP contribution in [0.1, 0.15) is 16.7 Å². The van der Waals surface area contributed by atoms with Gasteiger partial charge >= 0.3 is 0 Å². The van der Waals surface area contributed by atoms with E-state index in [1.807, 2.05) is 24.3 Å². The Hall–Kier alpha value is -2.50. The third kappa shape index (κ3) is 4.49. The van der Waals surface area contributed by atoms with Gasteiger partial charge in [0.25, 0.3) is 0 Å². The van der Waals surface area contributed by atoms with Crippen molar-refractivity contribution >= 4 is 15.9 Å². The van der Waals surface area contributed by atoms with Crippen LogP contribution >= 0.6 is 15.9 Å². The first-order valence-corrected chi connectivity index (χ1v) is 9.98. The van der Waals surface area contributed by atoms with Crippen molar-refractivity contribution < 1.29 is 14.2 Å². The highest BCUT2D eigenvalue weighted by atomic mass is 79.9. The Bertz CT molecular complexity index is 929. The number of hydrogen-bond donors (Lipinski definition) is 0. The molecule has 0 fully saturated rings. The molecule has 0 radical (unpaired) electrons. The molecule has 1 aliphatic heterocycles. The first-order valence-electron chi connectivity index (χ1n) is 9.18. The van der Waals surface area contributed by atoms with Gasteiger partial charge in [-0.15, -0.1) is 0 Å². The second-order valence-corrected chi connectivity index (χ2v) is 7.63. The van der Waals surface area contributed by atoms with Crippen LogP contribution in [0.4, 0.5) is 0 Å². The van der Waals surface area contributed by atoms with E-state index < -0.39 is 0 Å². The average molecular weight is 440 g/mol. The van der Waals surface area contributed by atoms with E-state index in [4.69, 9.17) is 14.2 Å². The van der Waals surface area contributed by atoms with Crippen LogP contribution in [0, 0.1) is 0 Å². The highest BCUT2D eigenvalue weighted by Crippen LogP contribution is 2.37. The molecule has 0 bridgehead atoms. The van der Waals surface area contributed by atoms with Crippen molar-refractivity contribution in [1.29, 1.82) is 0 Å². The van der Waals surface area contributed by atoms with E-state index in [-0.39, 0.29) is 6.79 Å². The fourth-order valence-corrected chi connectivity index (χ4v) is 3.77. The molecule has 0 saturated heterocycles. The Balaban J connectivity index is 1.57. The van der Waals surface area contributed by atoms with E-state index in [2.05, 4.69) is 63.3 Å². The van der Waals surface area contributed by atoms with Gasteiger partial charge in [-0.1, -0.05) is 58.4 Å². The molecule has 3 aromatic carbocycles. The Morgan fingerprint density at radius 3 is 2.18 bits per heavy atom. The number of nitrogens with zero attached hydrogens (tertiary/aromatic N) is 1. The molecular formula is C23H22BrNO3. The second kappa shape index (κ2) is 8.67. The van der Waals surface area contributed by atoms with Crippen molar-refractivity contribution in [3.63, 3.8) is 0 Å². The number of halogens is 1. The van der Waals surface area contributed by atoms with Gasteiger partial charge in [-0.2, -0.15) is 0 Å². The van der Waals surface area contributed by atoms with Crippen LogP contribution in [0.2, 0.25) is 0 Å². The molecule has 1 heterocycles. The molecule has 144 valence electrons. The number of methoxy groups -OCH3 is 1. The van der Waals surface area contributed by atoms with Crippen LogP contribution < -0.4 is 14.2 Å². The van der Waals surface area contributed by atoms with Crippen molar-refractivity contribution in [3.05, 3.63) is 87.9 Å². The molecule has 0 saturated carbocycles. The van der Waals surface area contributed by atoms with Gasteiger partial charge in [0, 0.05) is 24.1 Å². The molecule has 3 aromatic rings. The Morgan fingerprint density at radius 1 is 0.857 bits per heavy atom. The lowest BCUT2D eigenvalue weighted by Crippen LogP contribution is -2.22. The lowest BCUT2D eigenvalue weighted by Gasteiger charge is -2.24. The first kappa shape index (κ1) is 18.8. The monoisotopic (exact) mass is 439 g/mol. The standard InChI is InChI=1S/C23H22BrNO3/c1-26-20-9-7-18(8-10-20)14-25(13-17-5-3-2-4-6-17)15-19-11-22-23(12-21(19)24)28-16-27-22/h2-12H,13-16H2,1H3. The number of benzene rings is 3. The molecule has 4 nitrogen and oxygen atoms in total. The van der Waals surface area contributed by atoms with Crippen LogP contribution in [-0.2, 0) is 19.6 Å². The van der Waals surface area contributed by atoms with Gasteiger partial charge in [-0.05, 0) is 41.0 Å². The van der Waals surface area contributed by atoms with E-state index in [1.165, 1.54) is 16.7 Å². The van der Waals surface area contributed by atoms with Crippen LogP contribution in [0.3, 0.4) is 0 Å². The van der Waals surface area contributed by atoms with Gasteiger partial charge < -0.3 is 14.2 Å². The van der Waals surface area contributed by atoms with Crippen molar-refractivity contribution in [2.24, 2.45) is 0 Å². The molecule has 1 aliphatic rings. The highest BCUT2D eigenvalue weighted by Gasteiger charge is 2.18. The molecule has 0 atom stereocenters. The molecule has 28 heavy (non-hydrogen) atoms. The topological polar surface area (TPSA) is 30.9 Å². The van der Waals surface area contributed by atoms with E-state index >= 15 is 0 Å². The third-order valence-electron chi connectivity index (χ3n) is 4.75. The predicted octanol–water partition coefficient (Wildman–Crippen LogP) is 5.39. The summed E-state index contributed by atoms with van der Waals surface area (Å²) < 4.78 is 17.3. The summed E-state index contributed by atoms with van der Waals surface area (Å²) in [4.78, 5) is 2.42. The van der Waals surface area contributed by atoms with Crippen LogP contribution in [0.15, 0.2) is 71.2 Å². The summed E-state index contributed by atoms with van der Waals surface area (Å²) in [6.07, 6.45) is 0. The molecule has 0 amide bonds. The zero-order valence-corrected chi connectivity index (χ0v) is 17.3. The summed E-state index contributed by atoms with van der Waals surface area (Å²) in [5.74, 6) is 2.47. The van der Waals surface area contributed by atoms with Gasteiger partial charge in [0.1, 0.15) is 5.75 Å². The van der Waals surface area contributed by atoms with E-state index in [0.29, 0.717) is 0 Å². The number of fused-ring (bicyclic) bond motifs is 1. The Labute approximate surface area is 173 Å². The minimum Gasteiger partial charge on any atom is -0.497 e. The quantitative estimate of drug-likeness (QED) is 0.493. The smallest absolute Gasteiger partial charge is 0.231 e. The normalized spacial score (nSPS) is 12.4. The average Bonchev–Trinajstić information content (AvgIpc) is 3.16. The molecule has 0 unspecified atom stereocenters. The van der Waals surface area contributed by atoms with Crippen molar-refractivity contribution in [1.82, 2.24) is 4.90 Å². The third-order valence-corrected chi connectivity index (χ3v) is 5.49. The van der Waals surface area contributed by atoms with Crippen molar-refractivity contribution in [2.45, 2.75) is 19.6 Å². The summed E-state index contributed by atoms with van der Waals surface area (Å²) in [5, 5.41) is 0. The predicted molar refractivity (Wildman–Crippen MR) is 113 cm³/mol. The van der Waals surface area contributed by atoms with Crippen LogP contribution in [0.25, 0.3) is 0 Å². The molecule has 0 aromatic heterocycles. The fraction of sp³-hybridized carbons (Fsp3) is 0.217. The van der Waals surface area contributed by atoms with Gasteiger partial charge in [0.2, 0.25) is 6.79 Å². The van der Waals surface area contributed by atoms with Gasteiger partial charge in [-0.3, -0.25) is 4.90 Å². The summed E-state index contributed by atoms with van der Waals surface area (Å²) in [7, 11) is 1.69. The SMILES string of the molecule is COc1ccc(CN(Cc2ccccc2)Cc2cc3c(cc2Br)OCO3)cc1. The second-order valence-electron chi connectivity index (χ2n) is 6.78. The maximum atomic E-state index is 5.56. The number of rotatable bonds is 7. The molecule has 0 spiro atoms. The zero-order valence-electron chi connectivity index (χ0n) is 15.7. The molecule has 0 N–H and O–H groups in total. The van der Waals surface area contributed by atoms with E-state index in [1.54, 1.807) is 7.11 Å².